The fourth-order valence-electron chi connectivity index (χ4n) is 2.78. The Balaban J connectivity index is 1.89. The Labute approximate surface area is 134 Å². The van der Waals surface area contributed by atoms with Crippen molar-refractivity contribution in [3.05, 3.63) is 52.3 Å². The molecule has 1 aromatic heterocycles. The highest BCUT2D eigenvalue weighted by Crippen LogP contribution is 2.33. The van der Waals surface area contributed by atoms with Crippen LogP contribution in [0.3, 0.4) is 0 Å². The van der Waals surface area contributed by atoms with E-state index in [0.29, 0.717) is 23.5 Å². The molecule has 0 unspecified atom stereocenters. The lowest BCUT2D eigenvalue weighted by Gasteiger charge is -2.21. The summed E-state index contributed by atoms with van der Waals surface area (Å²) in [5, 5.41) is 5.41. The molecule has 5 heteroatoms. The summed E-state index contributed by atoms with van der Waals surface area (Å²) in [5.41, 5.74) is 3.21. The molecule has 21 heavy (non-hydrogen) atoms. The molecule has 2 heterocycles. The second kappa shape index (κ2) is 6.82. The molecule has 2 aromatic rings. The van der Waals surface area contributed by atoms with Gasteiger partial charge in [0.15, 0.2) is 0 Å². The van der Waals surface area contributed by atoms with Crippen LogP contribution in [0.15, 0.2) is 30.3 Å². The van der Waals surface area contributed by atoms with Gasteiger partial charge in [0.1, 0.15) is 5.15 Å². The predicted molar refractivity (Wildman–Crippen MR) is 85.1 cm³/mol. The Morgan fingerprint density at radius 3 is 2.57 bits per heavy atom. The van der Waals surface area contributed by atoms with E-state index in [9.17, 15) is 0 Å². The Morgan fingerprint density at radius 1 is 1.19 bits per heavy atom. The van der Waals surface area contributed by atoms with Crippen molar-refractivity contribution < 1.29 is 4.74 Å². The molecule has 3 nitrogen and oxygen atoms in total. The SMILES string of the molecule is ClCc1c(C2CCOCC2)nn(Cc2ccccc2)c1Cl. The van der Waals surface area contributed by atoms with Crippen LogP contribution in [-0.4, -0.2) is 23.0 Å². The molecule has 0 bridgehead atoms. The maximum absolute atomic E-state index is 6.48. The van der Waals surface area contributed by atoms with Crippen LogP contribution in [0.25, 0.3) is 0 Å². The average Bonchev–Trinajstić information content (AvgIpc) is 2.85. The number of rotatable bonds is 4. The number of halogens is 2. The number of hydrogen-bond donors (Lipinski definition) is 0. The fraction of sp³-hybridized carbons (Fsp3) is 0.438. The zero-order valence-electron chi connectivity index (χ0n) is 11.8. The Morgan fingerprint density at radius 2 is 1.90 bits per heavy atom. The molecular formula is C16H18Cl2N2O. The van der Waals surface area contributed by atoms with Crippen molar-refractivity contribution in [1.82, 2.24) is 9.78 Å². The summed E-state index contributed by atoms with van der Waals surface area (Å²) in [4.78, 5) is 0. The molecule has 3 rings (SSSR count). The molecule has 0 aliphatic carbocycles. The van der Waals surface area contributed by atoms with Crippen molar-refractivity contribution in [3.63, 3.8) is 0 Å². The monoisotopic (exact) mass is 324 g/mol. The van der Waals surface area contributed by atoms with E-state index in [0.717, 1.165) is 37.3 Å². The first kappa shape index (κ1) is 14.9. The number of aromatic nitrogens is 2. The third-order valence-electron chi connectivity index (χ3n) is 3.93. The second-order valence-corrected chi connectivity index (χ2v) is 5.94. The van der Waals surface area contributed by atoms with E-state index >= 15 is 0 Å². The van der Waals surface area contributed by atoms with Gasteiger partial charge in [0.25, 0.3) is 0 Å². The van der Waals surface area contributed by atoms with Crippen LogP contribution >= 0.6 is 23.2 Å². The van der Waals surface area contributed by atoms with Crippen LogP contribution in [0.4, 0.5) is 0 Å². The summed E-state index contributed by atoms with van der Waals surface area (Å²) in [6, 6.07) is 10.2. The Hall–Kier alpha value is -1.03. The van der Waals surface area contributed by atoms with Crippen molar-refractivity contribution in [2.45, 2.75) is 31.2 Å². The molecule has 1 aromatic carbocycles. The molecule has 0 amide bonds. The van der Waals surface area contributed by atoms with Gasteiger partial charge in [-0.25, -0.2) is 4.68 Å². The highest BCUT2D eigenvalue weighted by atomic mass is 35.5. The largest absolute Gasteiger partial charge is 0.381 e. The number of alkyl halides is 1. The quantitative estimate of drug-likeness (QED) is 0.787. The number of nitrogens with zero attached hydrogens (tertiary/aromatic N) is 2. The van der Waals surface area contributed by atoms with Crippen molar-refractivity contribution >= 4 is 23.2 Å². The van der Waals surface area contributed by atoms with Crippen LogP contribution in [0, 0.1) is 0 Å². The summed E-state index contributed by atoms with van der Waals surface area (Å²) in [6.45, 7) is 2.25. The van der Waals surface area contributed by atoms with Crippen molar-refractivity contribution in [2.75, 3.05) is 13.2 Å². The minimum Gasteiger partial charge on any atom is -0.381 e. The molecule has 1 aliphatic heterocycles. The van der Waals surface area contributed by atoms with Gasteiger partial charge in [0.2, 0.25) is 0 Å². The molecule has 112 valence electrons. The average molecular weight is 325 g/mol. The van der Waals surface area contributed by atoms with Crippen LogP contribution < -0.4 is 0 Å². The van der Waals surface area contributed by atoms with Gasteiger partial charge in [-0.1, -0.05) is 41.9 Å². The minimum atomic E-state index is 0.403. The van der Waals surface area contributed by atoms with Crippen LogP contribution in [-0.2, 0) is 17.2 Å². The maximum atomic E-state index is 6.48. The maximum Gasteiger partial charge on any atom is 0.132 e. The minimum absolute atomic E-state index is 0.403. The van der Waals surface area contributed by atoms with E-state index in [2.05, 4.69) is 12.1 Å². The zero-order chi connectivity index (χ0) is 14.7. The zero-order valence-corrected chi connectivity index (χ0v) is 13.3. The van der Waals surface area contributed by atoms with E-state index in [1.165, 1.54) is 5.56 Å². The topological polar surface area (TPSA) is 27.1 Å². The first-order valence-corrected chi connectivity index (χ1v) is 8.13. The summed E-state index contributed by atoms with van der Waals surface area (Å²) in [7, 11) is 0. The first-order valence-electron chi connectivity index (χ1n) is 7.22. The first-order chi connectivity index (χ1) is 10.3. The van der Waals surface area contributed by atoms with Crippen molar-refractivity contribution in [1.29, 1.82) is 0 Å². The molecule has 0 spiro atoms. The lowest BCUT2D eigenvalue weighted by molar-refractivity contribution is 0.0842. The van der Waals surface area contributed by atoms with Gasteiger partial charge < -0.3 is 4.74 Å². The number of ether oxygens (including phenoxy) is 1. The fourth-order valence-corrected chi connectivity index (χ4v) is 3.37. The van der Waals surface area contributed by atoms with Crippen LogP contribution in [0.5, 0.6) is 0 Å². The molecule has 0 saturated carbocycles. The summed E-state index contributed by atoms with van der Waals surface area (Å²) in [5.74, 6) is 0.808. The predicted octanol–water partition coefficient (Wildman–Crippen LogP) is 4.22. The molecule has 0 atom stereocenters. The van der Waals surface area contributed by atoms with E-state index in [-0.39, 0.29) is 0 Å². The molecule has 1 aliphatic rings. The van der Waals surface area contributed by atoms with Gasteiger partial charge in [-0.15, -0.1) is 11.6 Å². The normalized spacial score (nSPS) is 16.3. The van der Waals surface area contributed by atoms with E-state index in [1.807, 2.05) is 22.9 Å². The molecular weight excluding hydrogens is 307 g/mol. The standard InChI is InChI=1S/C16H18Cl2N2O/c17-10-14-15(13-6-8-21-9-7-13)19-20(16(14)18)11-12-4-2-1-3-5-12/h1-5,13H,6-11H2. The van der Waals surface area contributed by atoms with E-state index in [1.54, 1.807) is 0 Å². The van der Waals surface area contributed by atoms with E-state index < -0.39 is 0 Å². The van der Waals surface area contributed by atoms with Crippen LogP contribution in [0.1, 0.15) is 35.6 Å². The Bertz CT molecular complexity index is 592. The molecule has 0 radical (unpaired) electrons. The van der Waals surface area contributed by atoms with E-state index in [4.69, 9.17) is 33.0 Å². The Kier molecular flexibility index (Phi) is 4.84. The number of benzene rings is 1. The molecule has 0 N–H and O–H groups in total. The highest BCUT2D eigenvalue weighted by molar-refractivity contribution is 6.31. The van der Waals surface area contributed by atoms with Gasteiger partial charge in [-0.3, -0.25) is 0 Å². The second-order valence-electron chi connectivity index (χ2n) is 5.32. The lowest BCUT2D eigenvalue weighted by atomic mass is 9.94. The molecule has 1 saturated heterocycles. The lowest BCUT2D eigenvalue weighted by Crippen LogP contribution is -2.15. The third-order valence-corrected chi connectivity index (χ3v) is 4.62. The smallest absolute Gasteiger partial charge is 0.132 e. The third kappa shape index (κ3) is 3.25. The van der Waals surface area contributed by atoms with Gasteiger partial charge in [-0.2, -0.15) is 5.10 Å². The summed E-state index contributed by atoms with van der Waals surface area (Å²) in [6.07, 6.45) is 1.98. The summed E-state index contributed by atoms with van der Waals surface area (Å²) >= 11 is 12.6. The molecule has 1 fully saturated rings. The van der Waals surface area contributed by atoms with Gasteiger partial charge in [0.05, 0.1) is 18.1 Å². The van der Waals surface area contributed by atoms with Crippen molar-refractivity contribution in [3.8, 4) is 0 Å². The van der Waals surface area contributed by atoms with Gasteiger partial charge >= 0.3 is 0 Å². The van der Waals surface area contributed by atoms with Crippen molar-refractivity contribution in [2.24, 2.45) is 0 Å². The highest BCUT2D eigenvalue weighted by Gasteiger charge is 2.25. The summed E-state index contributed by atoms with van der Waals surface area (Å²) < 4.78 is 7.29. The number of hydrogen-bond acceptors (Lipinski definition) is 2. The van der Waals surface area contributed by atoms with Gasteiger partial charge in [-0.05, 0) is 18.4 Å². The van der Waals surface area contributed by atoms with Crippen LogP contribution in [0.2, 0.25) is 5.15 Å². The van der Waals surface area contributed by atoms with Gasteiger partial charge in [0, 0.05) is 24.7 Å².